The number of hydrogen-bond donors (Lipinski definition) is 0. The Bertz CT molecular complexity index is 571. The SMILES string of the molecule is COc1ccc(COCCCCC2=C(C)C(=O)OC2=O)cc1. The number of rotatable bonds is 8. The fourth-order valence-electron chi connectivity index (χ4n) is 2.21. The van der Waals surface area contributed by atoms with Crippen LogP contribution in [0.15, 0.2) is 35.4 Å². The first-order chi connectivity index (χ1) is 10.6. The van der Waals surface area contributed by atoms with Crippen LogP contribution < -0.4 is 4.74 Å². The van der Waals surface area contributed by atoms with E-state index >= 15 is 0 Å². The number of carbonyl (C=O) groups is 2. The molecule has 1 aromatic carbocycles. The third-order valence-corrected chi connectivity index (χ3v) is 3.58. The molecule has 5 heteroatoms. The van der Waals surface area contributed by atoms with Gasteiger partial charge in [-0.05, 0) is 43.9 Å². The molecule has 0 radical (unpaired) electrons. The number of unbranched alkanes of at least 4 members (excludes halogenated alkanes) is 1. The second-order valence-electron chi connectivity index (χ2n) is 5.14. The first-order valence-corrected chi connectivity index (χ1v) is 7.28. The van der Waals surface area contributed by atoms with Gasteiger partial charge in [0.05, 0.1) is 13.7 Å². The molecule has 0 unspecified atom stereocenters. The van der Waals surface area contributed by atoms with Crippen molar-refractivity contribution in [3.8, 4) is 5.75 Å². The molecule has 1 aliphatic heterocycles. The third-order valence-electron chi connectivity index (χ3n) is 3.58. The number of esters is 2. The normalized spacial score (nSPS) is 14.5. The van der Waals surface area contributed by atoms with E-state index in [0.717, 1.165) is 24.2 Å². The van der Waals surface area contributed by atoms with Gasteiger partial charge in [-0.15, -0.1) is 0 Å². The predicted octanol–water partition coefficient (Wildman–Crippen LogP) is 2.78. The van der Waals surface area contributed by atoms with Crippen molar-refractivity contribution in [2.24, 2.45) is 0 Å². The van der Waals surface area contributed by atoms with Crippen LogP contribution in [-0.2, 0) is 25.7 Å². The van der Waals surface area contributed by atoms with Gasteiger partial charge in [-0.3, -0.25) is 0 Å². The van der Waals surface area contributed by atoms with Crippen molar-refractivity contribution in [2.45, 2.75) is 32.8 Å². The van der Waals surface area contributed by atoms with Crippen LogP contribution >= 0.6 is 0 Å². The van der Waals surface area contributed by atoms with Crippen LogP contribution in [0.5, 0.6) is 5.75 Å². The van der Waals surface area contributed by atoms with Crippen LogP contribution in [0.3, 0.4) is 0 Å². The Morgan fingerprint density at radius 3 is 2.36 bits per heavy atom. The van der Waals surface area contributed by atoms with Gasteiger partial charge < -0.3 is 14.2 Å². The van der Waals surface area contributed by atoms with Gasteiger partial charge in [0.15, 0.2) is 0 Å². The van der Waals surface area contributed by atoms with Crippen LogP contribution in [0.1, 0.15) is 31.7 Å². The van der Waals surface area contributed by atoms with Gasteiger partial charge in [0.1, 0.15) is 5.75 Å². The molecule has 0 atom stereocenters. The molecule has 0 aliphatic carbocycles. The summed E-state index contributed by atoms with van der Waals surface area (Å²) in [6.45, 7) is 2.79. The quantitative estimate of drug-likeness (QED) is 0.420. The Hall–Kier alpha value is -2.14. The van der Waals surface area contributed by atoms with Crippen molar-refractivity contribution in [3.05, 3.63) is 41.0 Å². The second kappa shape index (κ2) is 7.75. The van der Waals surface area contributed by atoms with Crippen molar-refractivity contribution >= 4 is 11.9 Å². The summed E-state index contributed by atoms with van der Waals surface area (Å²) in [5.74, 6) is -0.192. The van der Waals surface area contributed by atoms with Crippen molar-refractivity contribution < 1.29 is 23.8 Å². The molecule has 0 aromatic heterocycles. The summed E-state index contributed by atoms with van der Waals surface area (Å²) in [6, 6.07) is 7.73. The second-order valence-corrected chi connectivity index (χ2v) is 5.14. The molecular formula is C17H20O5. The van der Waals surface area contributed by atoms with Crippen molar-refractivity contribution in [2.75, 3.05) is 13.7 Å². The van der Waals surface area contributed by atoms with E-state index < -0.39 is 11.9 Å². The van der Waals surface area contributed by atoms with E-state index in [0.29, 0.717) is 30.8 Å². The molecule has 0 saturated heterocycles. The summed E-state index contributed by atoms with van der Waals surface area (Å²) < 4.78 is 15.2. The zero-order chi connectivity index (χ0) is 15.9. The Morgan fingerprint density at radius 2 is 1.77 bits per heavy atom. The lowest BCUT2D eigenvalue weighted by molar-refractivity contribution is -0.151. The first-order valence-electron chi connectivity index (χ1n) is 7.28. The molecule has 0 N–H and O–H groups in total. The van der Waals surface area contributed by atoms with E-state index in [1.165, 1.54) is 0 Å². The van der Waals surface area contributed by atoms with Gasteiger partial charge >= 0.3 is 11.9 Å². The number of hydrogen-bond acceptors (Lipinski definition) is 5. The molecule has 0 fully saturated rings. The highest BCUT2D eigenvalue weighted by molar-refractivity contribution is 6.11. The predicted molar refractivity (Wildman–Crippen MR) is 80.3 cm³/mol. The lowest BCUT2D eigenvalue weighted by Gasteiger charge is -2.05. The highest BCUT2D eigenvalue weighted by Crippen LogP contribution is 2.21. The zero-order valence-corrected chi connectivity index (χ0v) is 12.9. The molecule has 2 rings (SSSR count). The van der Waals surface area contributed by atoms with E-state index in [1.807, 2.05) is 24.3 Å². The number of methoxy groups -OCH3 is 1. The Kier molecular flexibility index (Phi) is 5.72. The maximum atomic E-state index is 11.4. The average Bonchev–Trinajstić information content (AvgIpc) is 2.77. The summed E-state index contributed by atoms with van der Waals surface area (Å²) in [6.07, 6.45) is 2.17. The van der Waals surface area contributed by atoms with Crippen LogP contribution in [0, 0.1) is 0 Å². The van der Waals surface area contributed by atoms with Gasteiger partial charge in [-0.25, -0.2) is 9.59 Å². The monoisotopic (exact) mass is 304 g/mol. The summed E-state index contributed by atoms with van der Waals surface area (Å²) in [4.78, 5) is 22.6. The molecule has 118 valence electrons. The average molecular weight is 304 g/mol. The van der Waals surface area contributed by atoms with Crippen molar-refractivity contribution in [1.29, 1.82) is 0 Å². The van der Waals surface area contributed by atoms with Gasteiger partial charge in [0.25, 0.3) is 0 Å². The Balaban J connectivity index is 1.63. The lowest BCUT2D eigenvalue weighted by Crippen LogP contribution is -2.02. The summed E-state index contributed by atoms with van der Waals surface area (Å²) in [7, 11) is 1.64. The molecule has 1 heterocycles. The topological polar surface area (TPSA) is 61.8 Å². The van der Waals surface area contributed by atoms with E-state index in [2.05, 4.69) is 4.74 Å². The fourth-order valence-corrected chi connectivity index (χ4v) is 2.21. The molecule has 1 aromatic rings. The number of cyclic esters (lactones) is 2. The molecule has 0 amide bonds. The Labute approximate surface area is 129 Å². The molecule has 1 aliphatic rings. The third kappa shape index (κ3) is 4.18. The summed E-state index contributed by atoms with van der Waals surface area (Å²) >= 11 is 0. The van der Waals surface area contributed by atoms with Crippen LogP contribution in [0.2, 0.25) is 0 Å². The number of benzene rings is 1. The largest absolute Gasteiger partial charge is 0.497 e. The van der Waals surface area contributed by atoms with E-state index in [1.54, 1.807) is 14.0 Å². The van der Waals surface area contributed by atoms with Crippen LogP contribution in [-0.4, -0.2) is 25.7 Å². The molecular weight excluding hydrogens is 284 g/mol. The Morgan fingerprint density at radius 1 is 1.05 bits per heavy atom. The maximum absolute atomic E-state index is 11.4. The molecule has 22 heavy (non-hydrogen) atoms. The minimum absolute atomic E-state index is 0.434. The lowest BCUT2D eigenvalue weighted by atomic mass is 10.1. The van der Waals surface area contributed by atoms with Gasteiger partial charge in [0.2, 0.25) is 0 Å². The van der Waals surface area contributed by atoms with Gasteiger partial charge in [-0.2, -0.15) is 0 Å². The number of ether oxygens (including phenoxy) is 3. The fraction of sp³-hybridized carbons (Fsp3) is 0.412. The van der Waals surface area contributed by atoms with E-state index in [4.69, 9.17) is 9.47 Å². The minimum Gasteiger partial charge on any atom is -0.497 e. The summed E-state index contributed by atoms with van der Waals surface area (Å²) in [5.41, 5.74) is 2.02. The summed E-state index contributed by atoms with van der Waals surface area (Å²) in [5, 5.41) is 0. The minimum atomic E-state index is -0.518. The van der Waals surface area contributed by atoms with Crippen LogP contribution in [0.25, 0.3) is 0 Å². The molecule has 0 spiro atoms. The van der Waals surface area contributed by atoms with Gasteiger partial charge in [-0.1, -0.05) is 12.1 Å². The highest BCUT2D eigenvalue weighted by atomic mass is 16.6. The zero-order valence-electron chi connectivity index (χ0n) is 12.9. The molecule has 0 bridgehead atoms. The van der Waals surface area contributed by atoms with E-state index in [-0.39, 0.29) is 0 Å². The highest BCUT2D eigenvalue weighted by Gasteiger charge is 2.28. The van der Waals surface area contributed by atoms with Crippen molar-refractivity contribution in [3.63, 3.8) is 0 Å². The van der Waals surface area contributed by atoms with Crippen molar-refractivity contribution in [1.82, 2.24) is 0 Å². The van der Waals surface area contributed by atoms with Gasteiger partial charge in [0, 0.05) is 17.8 Å². The maximum Gasteiger partial charge on any atom is 0.342 e. The smallest absolute Gasteiger partial charge is 0.342 e. The number of carbonyl (C=O) groups excluding carboxylic acids is 2. The molecule has 0 saturated carbocycles. The standard InChI is InChI=1S/C17H20O5/c1-12-15(17(19)22-16(12)18)5-3-4-10-21-11-13-6-8-14(20-2)9-7-13/h6-9H,3-5,10-11H2,1-2H3. The molecule has 5 nitrogen and oxygen atoms in total. The van der Waals surface area contributed by atoms with Crippen LogP contribution in [0.4, 0.5) is 0 Å². The van der Waals surface area contributed by atoms with E-state index in [9.17, 15) is 9.59 Å². The first kappa shape index (κ1) is 16.2.